The van der Waals surface area contributed by atoms with Gasteiger partial charge < -0.3 is 20.1 Å². The van der Waals surface area contributed by atoms with Gasteiger partial charge in [-0.05, 0) is 25.5 Å². The minimum Gasteiger partial charge on any atom is -0.491 e. The standard InChI is InChI=1S/C15H24N2O3/c1-11-7-5-6-8-14(11)20-10-13(18)9-16-12(2)15(19)17(3)4/h5-8,12-13,16,18H,9-10H2,1-4H3. The molecule has 0 aromatic heterocycles. The number of ether oxygens (including phenoxy) is 1. The van der Waals surface area contributed by atoms with Crippen LogP contribution in [0.25, 0.3) is 0 Å². The highest BCUT2D eigenvalue weighted by atomic mass is 16.5. The van der Waals surface area contributed by atoms with Gasteiger partial charge in [0.25, 0.3) is 0 Å². The van der Waals surface area contributed by atoms with Gasteiger partial charge in [0.1, 0.15) is 18.5 Å². The van der Waals surface area contributed by atoms with E-state index >= 15 is 0 Å². The zero-order chi connectivity index (χ0) is 15.1. The van der Waals surface area contributed by atoms with Gasteiger partial charge in [-0.15, -0.1) is 0 Å². The summed E-state index contributed by atoms with van der Waals surface area (Å²) in [5.41, 5.74) is 1.03. The second kappa shape index (κ2) is 7.87. The topological polar surface area (TPSA) is 61.8 Å². The van der Waals surface area contributed by atoms with Crippen LogP contribution in [-0.4, -0.2) is 55.3 Å². The molecule has 0 saturated heterocycles. The van der Waals surface area contributed by atoms with Gasteiger partial charge in [-0.3, -0.25) is 4.79 Å². The van der Waals surface area contributed by atoms with Crippen molar-refractivity contribution in [1.29, 1.82) is 0 Å². The maximum atomic E-state index is 11.6. The van der Waals surface area contributed by atoms with Crippen molar-refractivity contribution in [1.82, 2.24) is 10.2 Å². The van der Waals surface area contributed by atoms with Gasteiger partial charge in [-0.1, -0.05) is 18.2 Å². The van der Waals surface area contributed by atoms with Crippen LogP contribution in [0.4, 0.5) is 0 Å². The number of likely N-dealkylation sites (N-methyl/N-ethyl adjacent to an activating group) is 1. The Kier molecular flexibility index (Phi) is 6.48. The molecule has 0 aliphatic heterocycles. The Morgan fingerprint density at radius 1 is 1.40 bits per heavy atom. The molecule has 1 aromatic carbocycles. The van der Waals surface area contributed by atoms with Crippen LogP contribution in [0.5, 0.6) is 5.75 Å². The first-order valence-corrected chi connectivity index (χ1v) is 6.73. The number of hydrogen-bond acceptors (Lipinski definition) is 4. The van der Waals surface area contributed by atoms with Gasteiger partial charge in [-0.25, -0.2) is 0 Å². The number of aliphatic hydroxyl groups excluding tert-OH is 1. The third-order valence-electron chi connectivity index (χ3n) is 3.00. The highest BCUT2D eigenvalue weighted by Crippen LogP contribution is 2.16. The van der Waals surface area contributed by atoms with E-state index in [2.05, 4.69) is 5.32 Å². The largest absolute Gasteiger partial charge is 0.491 e. The van der Waals surface area contributed by atoms with E-state index in [1.165, 1.54) is 4.90 Å². The van der Waals surface area contributed by atoms with E-state index in [1.807, 2.05) is 31.2 Å². The summed E-state index contributed by atoms with van der Waals surface area (Å²) in [5.74, 6) is 0.751. The summed E-state index contributed by atoms with van der Waals surface area (Å²) < 4.78 is 5.55. The number of nitrogens with one attached hydrogen (secondary N) is 1. The average molecular weight is 280 g/mol. The smallest absolute Gasteiger partial charge is 0.238 e. The van der Waals surface area contributed by atoms with Crippen LogP contribution in [0.2, 0.25) is 0 Å². The van der Waals surface area contributed by atoms with E-state index in [0.717, 1.165) is 11.3 Å². The van der Waals surface area contributed by atoms with Crippen molar-refractivity contribution in [3.05, 3.63) is 29.8 Å². The van der Waals surface area contributed by atoms with Crippen molar-refractivity contribution in [2.24, 2.45) is 0 Å². The molecule has 0 saturated carbocycles. The fourth-order valence-corrected chi connectivity index (χ4v) is 1.75. The molecule has 0 spiro atoms. The Morgan fingerprint density at radius 3 is 2.65 bits per heavy atom. The van der Waals surface area contributed by atoms with Crippen LogP contribution in [0.1, 0.15) is 12.5 Å². The first-order chi connectivity index (χ1) is 9.41. The van der Waals surface area contributed by atoms with Gasteiger partial charge in [0.15, 0.2) is 0 Å². The fraction of sp³-hybridized carbons (Fsp3) is 0.533. The Bertz CT molecular complexity index is 435. The number of aryl methyl sites for hydroxylation is 1. The van der Waals surface area contributed by atoms with Crippen LogP contribution in [-0.2, 0) is 4.79 Å². The lowest BCUT2D eigenvalue weighted by atomic mass is 10.2. The molecule has 0 bridgehead atoms. The van der Waals surface area contributed by atoms with E-state index in [-0.39, 0.29) is 18.6 Å². The molecule has 5 nitrogen and oxygen atoms in total. The van der Waals surface area contributed by atoms with E-state index in [4.69, 9.17) is 4.74 Å². The summed E-state index contributed by atoms with van der Waals surface area (Å²) in [6.45, 7) is 4.24. The second-order valence-corrected chi connectivity index (χ2v) is 5.09. The van der Waals surface area contributed by atoms with Crippen molar-refractivity contribution >= 4 is 5.91 Å². The molecular weight excluding hydrogens is 256 g/mol. The molecule has 0 heterocycles. The molecule has 2 N–H and O–H groups in total. The predicted molar refractivity (Wildman–Crippen MR) is 78.8 cm³/mol. The van der Waals surface area contributed by atoms with Gasteiger partial charge in [0.05, 0.1) is 6.04 Å². The minimum atomic E-state index is -0.660. The van der Waals surface area contributed by atoms with E-state index in [1.54, 1.807) is 21.0 Å². The van der Waals surface area contributed by atoms with Crippen LogP contribution >= 0.6 is 0 Å². The molecule has 0 aliphatic carbocycles. The van der Waals surface area contributed by atoms with Gasteiger partial charge in [-0.2, -0.15) is 0 Å². The number of para-hydroxylation sites is 1. The molecule has 5 heteroatoms. The van der Waals surface area contributed by atoms with Crippen molar-refractivity contribution in [3.8, 4) is 5.75 Å². The molecule has 0 aliphatic rings. The normalized spacial score (nSPS) is 13.7. The zero-order valence-corrected chi connectivity index (χ0v) is 12.6. The molecule has 112 valence electrons. The molecule has 0 radical (unpaired) electrons. The quantitative estimate of drug-likeness (QED) is 0.775. The van der Waals surface area contributed by atoms with E-state index in [9.17, 15) is 9.90 Å². The lowest BCUT2D eigenvalue weighted by molar-refractivity contribution is -0.130. The summed E-state index contributed by atoms with van der Waals surface area (Å²) in [5, 5.41) is 12.9. The number of benzene rings is 1. The summed E-state index contributed by atoms with van der Waals surface area (Å²) in [4.78, 5) is 13.2. The first-order valence-electron chi connectivity index (χ1n) is 6.73. The van der Waals surface area contributed by atoms with Crippen molar-refractivity contribution in [2.45, 2.75) is 26.0 Å². The maximum Gasteiger partial charge on any atom is 0.238 e. The molecular formula is C15H24N2O3. The highest BCUT2D eigenvalue weighted by Gasteiger charge is 2.15. The first kappa shape index (κ1) is 16.5. The van der Waals surface area contributed by atoms with Crippen LogP contribution in [0.3, 0.4) is 0 Å². The summed E-state index contributed by atoms with van der Waals surface area (Å²) in [6, 6.07) is 7.34. The number of amides is 1. The Balaban J connectivity index is 2.32. The number of rotatable bonds is 7. The average Bonchev–Trinajstić information content (AvgIpc) is 2.42. The van der Waals surface area contributed by atoms with Crippen molar-refractivity contribution < 1.29 is 14.6 Å². The Morgan fingerprint density at radius 2 is 2.05 bits per heavy atom. The molecule has 1 amide bonds. The van der Waals surface area contributed by atoms with Crippen LogP contribution in [0.15, 0.2) is 24.3 Å². The van der Waals surface area contributed by atoms with Crippen LogP contribution in [0, 0.1) is 6.92 Å². The third kappa shape index (κ3) is 5.19. The number of carbonyl (C=O) groups is 1. The monoisotopic (exact) mass is 280 g/mol. The number of nitrogens with zero attached hydrogens (tertiary/aromatic N) is 1. The number of hydrogen-bond donors (Lipinski definition) is 2. The lowest BCUT2D eigenvalue weighted by Crippen LogP contribution is -2.45. The number of carbonyl (C=O) groups excluding carboxylic acids is 1. The highest BCUT2D eigenvalue weighted by molar-refractivity contribution is 5.80. The predicted octanol–water partition coefficient (Wildman–Crippen LogP) is 0.801. The molecule has 20 heavy (non-hydrogen) atoms. The third-order valence-corrected chi connectivity index (χ3v) is 3.00. The van der Waals surface area contributed by atoms with Gasteiger partial charge in [0.2, 0.25) is 5.91 Å². The van der Waals surface area contributed by atoms with Crippen molar-refractivity contribution in [2.75, 3.05) is 27.2 Å². The molecule has 2 unspecified atom stereocenters. The molecule has 2 atom stereocenters. The van der Waals surface area contributed by atoms with E-state index < -0.39 is 6.10 Å². The maximum absolute atomic E-state index is 11.6. The molecule has 1 aromatic rings. The molecule has 1 rings (SSSR count). The van der Waals surface area contributed by atoms with E-state index in [0.29, 0.717) is 6.54 Å². The summed E-state index contributed by atoms with van der Waals surface area (Å²) >= 11 is 0. The van der Waals surface area contributed by atoms with Crippen molar-refractivity contribution in [3.63, 3.8) is 0 Å². The SMILES string of the molecule is Cc1ccccc1OCC(O)CNC(C)C(=O)N(C)C. The minimum absolute atomic E-state index is 0.0166. The zero-order valence-electron chi connectivity index (χ0n) is 12.6. The Hall–Kier alpha value is -1.59. The number of aliphatic hydroxyl groups is 1. The molecule has 0 fully saturated rings. The van der Waals surface area contributed by atoms with Gasteiger partial charge in [0, 0.05) is 20.6 Å². The summed E-state index contributed by atoms with van der Waals surface area (Å²) in [7, 11) is 3.41. The van der Waals surface area contributed by atoms with Crippen LogP contribution < -0.4 is 10.1 Å². The Labute approximate surface area is 120 Å². The summed E-state index contributed by atoms with van der Waals surface area (Å²) in [6.07, 6.45) is -0.660. The lowest BCUT2D eigenvalue weighted by Gasteiger charge is -2.20. The van der Waals surface area contributed by atoms with Gasteiger partial charge >= 0.3 is 0 Å². The fourth-order valence-electron chi connectivity index (χ4n) is 1.75. The second-order valence-electron chi connectivity index (χ2n) is 5.09.